The van der Waals surface area contributed by atoms with Crippen LogP contribution in [0.3, 0.4) is 0 Å². The number of sulfonamides is 1. The van der Waals surface area contributed by atoms with Crippen LogP contribution in [0.25, 0.3) is 0 Å². The van der Waals surface area contributed by atoms with E-state index in [0.29, 0.717) is 31.7 Å². The second-order valence-corrected chi connectivity index (χ2v) is 7.50. The fourth-order valence-electron chi connectivity index (χ4n) is 2.40. The van der Waals surface area contributed by atoms with Crippen molar-refractivity contribution in [2.75, 3.05) is 25.4 Å². The van der Waals surface area contributed by atoms with Crippen molar-refractivity contribution in [1.82, 2.24) is 9.62 Å². The zero-order valence-electron chi connectivity index (χ0n) is 12.7. The Morgan fingerprint density at radius 2 is 1.91 bits per heavy atom. The van der Waals surface area contributed by atoms with Gasteiger partial charge in [0.15, 0.2) is 6.61 Å². The highest BCUT2D eigenvalue weighted by atomic mass is 32.2. The third-order valence-corrected chi connectivity index (χ3v) is 5.57. The largest absolute Gasteiger partial charge is 0.484 e. The topological polar surface area (TPSA) is 75.7 Å². The van der Waals surface area contributed by atoms with Gasteiger partial charge in [-0.1, -0.05) is 18.2 Å². The number of nitrogens with zero attached hydrogens (tertiary/aromatic N) is 1. The summed E-state index contributed by atoms with van der Waals surface area (Å²) in [5.74, 6) is 0.594. The van der Waals surface area contributed by atoms with Gasteiger partial charge in [0.05, 0.1) is 5.75 Å². The van der Waals surface area contributed by atoms with Gasteiger partial charge in [-0.2, -0.15) is 0 Å². The predicted octanol–water partition coefficient (Wildman–Crippen LogP) is 0.996. The lowest BCUT2D eigenvalue weighted by atomic mass is 10.1. The molecule has 0 spiro atoms. The second kappa shape index (κ2) is 7.60. The fraction of sp³-hybridized carbons (Fsp3) is 0.533. The van der Waals surface area contributed by atoms with Gasteiger partial charge in [0.25, 0.3) is 5.91 Å². The number of hydrogen-bond acceptors (Lipinski definition) is 4. The Kier molecular flexibility index (Phi) is 5.79. The summed E-state index contributed by atoms with van der Waals surface area (Å²) in [5.41, 5.74) is 0. The van der Waals surface area contributed by atoms with Gasteiger partial charge in [0, 0.05) is 19.1 Å². The third kappa shape index (κ3) is 4.71. The molecule has 122 valence electrons. The average Bonchev–Trinajstić information content (AvgIpc) is 2.54. The van der Waals surface area contributed by atoms with Crippen molar-refractivity contribution >= 4 is 15.9 Å². The molecule has 0 radical (unpaired) electrons. The van der Waals surface area contributed by atoms with Gasteiger partial charge in [-0.15, -0.1) is 0 Å². The zero-order chi connectivity index (χ0) is 16.0. The molecular weight excluding hydrogens is 304 g/mol. The number of amides is 1. The van der Waals surface area contributed by atoms with Crippen molar-refractivity contribution in [1.29, 1.82) is 0 Å². The first-order valence-electron chi connectivity index (χ1n) is 7.46. The number of rotatable bonds is 6. The van der Waals surface area contributed by atoms with Crippen LogP contribution >= 0.6 is 0 Å². The van der Waals surface area contributed by atoms with Crippen LogP contribution in [0.5, 0.6) is 5.75 Å². The Morgan fingerprint density at radius 1 is 1.27 bits per heavy atom. The van der Waals surface area contributed by atoms with Crippen molar-refractivity contribution < 1.29 is 17.9 Å². The molecule has 7 heteroatoms. The number of benzene rings is 1. The number of carbonyl (C=O) groups excluding carboxylic acids is 1. The Bertz CT molecular complexity index is 581. The quantitative estimate of drug-likeness (QED) is 0.846. The summed E-state index contributed by atoms with van der Waals surface area (Å²) >= 11 is 0. The third-order valence-electron chi connectivity index (χ3n) is 3.69. The van der Waals surface area contributed by atoms with Crippen LogP contribution in [0.15, 0.2) is 30.3 Å². The van der Waals surface area contributed by atoms with Crippen LogP contribution in [-0.2, 0) is 14.8 Å². The number of hydrogen-bond donors (Lipinski definition) is 1. The van der Waals surface area contributed by atoms with Crippen LogP contribution in [0.1, 0.15) is 19.8 Å². The van der Waals surface area contributed by atoms with E-state index in [9.17, 15) is 13.2 Å². The molecule has 1 saturated heterocycles. The number of carbonyl (C=O) groups is 1. The number of ether oxygens (including phenoxy) is 1. The van der Waals surface area contributed by atoms with Gasteiger partial charge in [-0.05, 0) is 31.9 Å². The molecule has 1 aliphatic heterocycles. The van der Waals surface area contributed by atoms with Crippen LogP contribution in [0.2, 0.25) is 0 Å². The highest BCUT2D eigenvalue weighted by Gasteiger charge is 2.27. The minimum absolute atomic E-state index is 0.00943. The summed E-state index contributed by atoms with van der Waals surface area (Å²) in [6.45, 7) is 2.53. The van der Waals surface area contributed by atoms with Crippen LogP contribution in [-0.4, -0.2) is 50.1 Å². The molecule has 22 heavy (non-hydrogen) atoms. The number of nitrogens with one attached hydrogen (secondary N) is 1. The van der Waals surface area contributed by atoms with Gasteiger partial charge in [0.2, 0.25) is 10.0 Å². The molecule has 1 fully saturated rings. The molecule has 1 aromatic carbocycles. The van der Waals surface area contributed by atoms with Crippen LogP contribution < -0.4 is 10.1 Å². The Labute approximate surface area is 131 Å². The highest BCUT2D eigenvalue weighted by molar-refractivity contribution is 7.89. The Balaban J connectivity index is 1.73. The number of para-hydroxylation sites is 1. The Hall–Kier alpha value is -1.60. The van der Waals surface area contributed by atoms with Crippen molar-refractivity contribution in [2.24, 2.45) is 0 Å². The summed E-state index contributed by atoms with van der Waals surface area (Å²) in [7, 11) is -3.12. The van der Waals surface area contributed by atoms with E-state index in [1.807, 2.05) is 18.2 Å². The van der Waals surface area contributed by atoms with Crippen LogP contribution in [0, 0.1) is 0 Å². The first kappa shape index (κ1) is 16.8. The molecule has 1 amide bonds. The second-order valence-electron chi connectivity index (χ2n) is 5.24. The highest BCUT2D eigenvalue weighted by Crippen LogP contribution is 2.14. The molecule has 1 aromatic rings. The van der Waals surface area contributed by atoms with Crippen molar-refractivity contribution in [3.8, 4) is 5.75 Å². The first-order chi connectivity index (χ1) is 10.5. The van der Waals surface area contributed by atoms with E-state index in [4.69, 9.17) is 4.74 Å². The molecule has 2 rings (SSSR count). The lowest BCUT2D eigenvalue weighted by molar-refractivity contribution is -0.124. The first-order valence-corrected chi connectivity index (χ1v) is 9.07. The van der Waals surface area contributed by atoms with E-state index in [0.717, 1.165) is 0 Å². The van der Waals surface area contributed by atoms with Gasteiger partial charge >= 0.3 is 0 Å². The fourth-order valence-corrected chi connectivity index (χ4v) is 3.53. The monoisotopic (exact) mass is 326 g/mol. The van der Waals surface area contributed by atoms with Crippen molar-refractivity contribution in [2.45, 2.75) is 25.8 Å². The standard InChI is InChI=1S/C15H22N2O4S/c1-2-22(19,20)17-10-8-13(9-11-17)16-15(18)12-21-14-6-4-3-5-7-14/h3-7,13H,2,8-12H2,1H3,(H,16,18). The Morgan fingerprint density at radius 3 is 2.50 bits per heavy atom. The lowest BCUT2D eigenvalue weighted by Crippen LogP contribution is -2.47. The normalized spacial score (nSPS) is 17.1. The molecule has 1 aliphatic rings. The maximum Gasteiger partial charge on any atom is 0.258 e. The maximum atomic E-state index is 11.9. The SMILES string of the molecule is CCS(=O)(=O)N1CCC(NC(=O)COc2ccccc2)CC1. The molecule has 0 atom stereocenters. The van der Waals surface area contributed by atoms with Gasteiger partial charge in [-0.25, -0.2) is 12.7 Å². The summed E-state index contributed by atoms with van der Waals surface area (Å²) < 4.78 is 30.4. The smallest absolute Gasteiger partial charge is 0.258 e. The van der Waals surface area contributed by atoms with E-state index in [2.05, 4.69) is 5.32 Å². The summed E-state index contributed by atoms with van der Waals surface area (Å²) in [5, 5.41) is 2.89. The molecule has 1 heterocycles. The molecule has 0 aromatic heterocycles. The molecule has 0 bridgehead atoms. The summed E-state index contributed by atoms with van der Waals surface area (Å²) in [6.07, 6.45) is 1.27. The zero-order valence-corrected chi connectivity index (χ0v) is 13.5. The van der Waals surface area contributed by atoms with Crippen molar-refractivity contribution in [3.63, 3.8) is 0 Å². The molecule has 1 N–H and O–H groups in total. The predicted molar refractivity (Wildman–Crippen MR) is 84.1 cm³/mol. The molecule has 0 saturated carbocycles. The van der Waals surface area contributed by atoms with Gasteiger partial charge < -0.3 is 10.1 Å². The average molecular weight is 326 g/mol. The van der Waals surface area contributed by atoms with E-state index in [1.165, 1.54) is 4.31 Å². The molecule has 6 nitrogen and oxygen atoms in total. The van der Waals surface area contributed by atoms with E-state index < -0.39 is 10.0 Å². The van der Waals surface area contributed by atoms with E-state index >= 15 is 0 Å². The minimum atomic E-state index is -3.12. The van der Waals surface area contributed by atoms with Crippen molar-refractivity contribution in [3.05, 3.63) is 30.3 Å². The van der Waals surface area contributed by atoms with E-state index in [-0.39, 0.29) is 24.3 Å². The maximum absolute atomic E-state index is 11.9. The van der Waals surface area contributed by atoms with Gasteiger partial charge in [-0.3, -0.25) is 4.79 Å². The molecule has 0 unspecified atom stereocenters. The van der Waals surface area contributed by atoms with Crippen LogP contribution in [0.4, 0.5) is 0 Å². The summed E-state index contributed by atoms with van der Waals surface area (Å²) in [4.78, 5) is 11.9. The minimum Gasteiger partial charge on any atom is -0.484 e. The summed E-state index contributed by atoms with van der Waals surface area (Å²) in [6, 6.07) is 9.16. The lowest BCUT2D eigenvalue weighted by Gasteiger charge is -2.31. The van der Waals surface area contributed by atoms with Gasteiger partial charge in [0.1, 0.15) is 5.75 Å². The molecule has 0 aliphatic carbocycles. The van der Waals surface area contributed by atoms with E-state index in [1.54, 1.807) is 19.1 Å². The molecular formula is C15H22N2O4S. The number of piperidine rings is 1.